The molecule has 1 N–H and O–H groups in total. The second-order valence-corrected chi connectivity index (χ2v) is 8.54. The summed E-state index contributed by atoms with van der Waals surface area (Å²) in [5.41, 5.74) is -1.42. The standard InChI is InChI=1S/C21H13F5O5S/c22-14-1-3-16(4-2-14)32(29,30)17-5-6-19(18(23)11-17)31-15-8-12(9-20(27)28)7-13(10-15)21(24,25)26/h1-8,10-11H,9H2,(H,27,28). The number of rotatable bonds is 6. The van der Waals surface area contributed by atoms with E-state index in [2.05, 4.69) is 0 Å². The zero-order valence-electron chi connectivity index (χ0n) is 15.9. The molecule has 3 aromatic rings. The van der Waals surface area contributed by atoms with E-state index in [9.17, 15) is 35.2 Å². The van der Waals surface area contributed by atoms with Crippen molar-refractivity contribution >= 4 is 15.8 Å². The van der Waals surface area contributed by atoms with E-state index >= 15 is 0 Å². The summed E-state index contributed by atoms with van der Waals surface area (Å²) in [5, 5.41) is 8.84. The van der Waals surface area contributed by atoms with Crippen molar-refractivity contribution in [1.82, 2.24) is 0 Å². The molecule has 168 valence electrons. The Morgan fingerprint density at radius 1 is 0.906 bits per heavy atom. The summed E-state index contributed by atoms with van der Waals surface area (Å²) >= 11 is 0. The molecule has 0 aliphatic rings. The van der Waals surface area contributed by atoms with Gasteiger partial charge in [0.2, 0.25) is 9.84 Å². The van der Waals surface area contributed by atoms with Crippen molar-refractivity contribution in [2.45, 2.75) is 22.4 Å². The van der Waals surface area contributed by atoms with E-state index in [1.807, 2.05) is 0 Å². The molecule has 0 fully saturated rings. The summed E-state index contributed by atoms with van der Waals surface area (Å²) < 4.78 is 97.1. The summed E-state index contributed by atoms with van der Waals surface area (Å²) in [6.45, 7) is 0. The lowest BCUT2D eigenvalue weighted by Gasteiger charge is -2.13. The number of hydrogen-bond donors (Lipinski definition) is 1. The predicted octanol–water partition coefficient (Wildman–Crippen LogP) is 5.24. The Morgan fingerprint density at radius 2 is 1.53 bits per heavy atom. The van der Waals surface area contributed by atoms with Crippen molar-refractivity contribution in [2.75, 3.05) is 0 Å². The minimum atomic E-state index is -4.81. The van der Waals surface area contributed by atoms with Gasteiger partial charge in [-0.05, 0) is 66.2 Å². The summed E-state index contributed by atoms with van der Waals surface area (Å²) in [6.07, 6.45) is -5.53. The monoisotopic (exact) mass is 472 g/mol. The van der Waals surface area contributed by atoms with E-state index in [0.717, 1.165) is 42.5 Å². The zero-order valence-corrected chi connectivity index (χ0v) is 16.7. The molecule has 0 saturated carbocycles. The second kappa shape index (κ2) is 8.58. The number of aliphatic carboxylic acids is 1. The molecule has 0 atom stereocenters. The van der Waals surface area contributed by atoms with Crippen LogP contribution < -0.4 is 4.74 Å². The normalized spacial score (nSPS) is 11.9. The first kappa shape index (κ1) is 23.2. The van der Waals surface area contributed by atoms with Gasteiger partial charge in [0.05, 0.1) is 21.8 Å². The summed E-state index contributed by atoms with van der Waals surface area (Å²) in [4.78, 5) is 10.1. The Hall–Kier alpha value is -3.47. The smallest absolute Gasteiger partial charge is 0.416 e. The number of halogens is 5. The topological polar surface area (TPSA) is 80.7 Å². The first-order chi connectivity index (χ1) is 14.9. The fourth-order valence-corrected chi connectivity index (χ4v) is 4.04. The number of ether oxygens (including phenoxy) is 1. The summed E-state index contributed by atoms with van der Waals surface area (Å²) in [7, 11) is -4.19. The van der Waals surface area contributed by atoms with Crippen molar-refractivity contribution in [3.8, 4) is 11.5 Å². The molecule has 0 aliphatic carbocycles. The maximum atomic E-state index is 14.5. The molecule has 11 heteroatoms. The van der Waals surface area contributed by atoms with Gasteiger partial charge in [0.25, 0.3) is 0 Å². The van der Waals surface area contributed by atoms with E-state index in [-0.39, 0.29) is 10.5 Å². The number of sulfone groups is 1. The van der Waals surface area contributed by atoms with Crippen LogP contribution >= 0.6 is 0 Å². The third-order valence-electron chi connectivity index (χ3n) is 4.21. The van der Waals surface area contributed by atoms with Gasteiger partial charge in [0, 0.05) is 0 Å². The first-order valence-corrected chi connectivity index (χ1v) is 10.3. The highest BCUT2D eigenvalue weighted by molar-refractivity contribution is 7.91. The molecule has 0 bridgehead atoms. The summed E-state index contributed by atoms with van der Waals surface area (Å²) in [5.74, 6) is -4.29. The highest BCUT2D eigenvalue weighted by Gasteiger charge is 2.32. The molecule has 32 heavy (non-hydrogen) atoms. The van der Waals surface area contributed by atoms with Crippen LogP contribution in [0, 0.1) is 11.6 Å². The molecular formula is C21H13F5O5S. The van der Waals surface area contributed by atoms with Crippen molar-refractivity contribution in [3.63, 3.8) is 0 Å². The fraction of sp³-hybridized carbons (Fsp3) is 0.0952. The fourth-order valence-electron chi connectivity index (χ4n) is 2.77. The van der Waals surface area contributed by atoms with Crippen LogP contribution in [0.15, 0.2) is 70.5 Å². The maximum absolute atomic E-state index is 14.5. The van der Waals surface area contributed by atoms with Crippen molar-refractivity contribution in [2.24, 2.45) is 0 Å². The number of carboxylic acids is 1. The Kier molecular flexibility index (Phi) is 6.22. The molecule has 0 aromatic heterocycles. The van der Waals surface area contributed by atoms with Gasteiger partial charge < -0.3 is 9.84 Å². The minimum absolute atomic E-state index is 0.224. The lowest BCUT2D eigenvalue weighted by Crippen LogP contribution is -2.08. The highest BCUT2D eigenvalue weighted by atomic mass is 32.2. The van der Waals surface area contributed by atoms with Crippen molar-refractivity contribution < 1.29 is 45.0 Å². The third-order valence-corrected chi connectivity index (χ3v) is 5.98. The van der Waals surface area contributed by atoms with Crippen LogP contribution in [0.25, 0.3) is 0 Å². The number of carboxylic acid groups (broad SMARTS) is 1. The molecule has 0 spiro atoms. The zero-order chi connectivity index (χ0) is 23.7. The average Bonchev–Trinajstić information content (AvgIpc) is 2.68. The van der Waals surface area contributed by atoms with Crippen molar-refractivity contribution in [1.29, 1.82) is 0 Å². The molecule has 0 aliphatic heterocycles. The largest absolute Gasteiger partial charge is 0.481 e. The van der Waals surface area contributed by atoms with E-state index < -0.39 is 62.0 Å². The molecule has 3 aromatic carbocycles. The number of alkyl halides is 3. The van der Waals surface area contributed by atoms with Gasteiger partial charge in [0.15, 0.2) is 11.6 Å². The van der Waals surface area contributed by atoms with E-state index in [4.69, 9.17) is 9.84 Å². The quantitative estimate of drug-likeness (QED) is 0.392. The lowest BCUT2D eigenvalue weighted by molar-refractivity contribution is -0.138. The Bertz CT molecular complexity index is 1270. The van der Waals surface area contributed by atoms with E-state index in [1.54, 1.807) is 0 Å². The van der Waals surface area contributed by atoms with Crippen LogP contribution in [0.5, 0.6) is 11.5 Å². The molecule has 3 rings (SSSR count). The van der Waals surface area contributed by atoms with Gasteiger partial charge >= 0.3 is 12.1 Å². The lowest BCUT2D eigenvalue weighted by atomic mass is 10.1. The molecule has 0 heterocycles. The Balaban J connectivity index is 1.95. The van der Waals surface area contributed by atoms with Gasteiger partial charge in [-0.15, -0.1) is 0 Å². The van der Waals surface area contributed by atoms with Crippen LogP contribution in [0.4, 0.5) is 22.0 Å². The van der Waals surface area contributed by atoms with Crippen LogP contribution in [-0.2, 0) is 27.2 Å². The molecule has 0 radical (unpaired) electrons. The van der Waals surface area contributed by atoms with Crippen LogP contribution in [0.3, 0.4) is 0 Å². The molecule has 0 unspecified atom stereocenters. The Morgan fingerprint density at radius 3 is 2.09 bits per heavy atom. The number of carbonyl (C=O) groups is 1. The first-order valence-electron chi connectivity index (χ1n) is 8.77. The minimum Gasteiger partial charge on any atom is -0.481 e. The SMILES string of the molecule is O=C(O)Cc1cc(Oc2ccc(S(=O)(=O)c3ccc(F)cc3)cc2F)cc(C(F)(F)F)c1. The second-order valence-electron chi connectivity index (χ2n) is 6.59. The Labute approximate surface area is 178 Å². The van der Waals surface area contributed by atoms with E-state index in [0.29, 0.717) is 18.2 Å². The van der Waals surface area contributed by atoms with Gasteiger partial charge in [-0.2, -0.15) is 13.2 Å². The van der Waals surface area contributed by atoms with Gasteiger partial charge in [-0.3, -0.25) is 4.79 Å². The number of benzene rings is 3. The molecular weight excluding hydrogens is 459 g/mol. The van der Waals surface area contributed by atoms with Crippen LogP contribution in [0.2, 0.25) is 0 Å². The predicted molar refractivity (Wildman–Crippen MR) is 101 cm³/mol. The number of hydrogen-bond acceptors (Lipinski definition) is 4. The van der Waals surface area contributed by atoms with Crippen LogP contribution in [0.1, 0.15) is 11.1 Å². The van der Waals surface area contributed by atoms with Gasteiger partial charge in [-0.1, -0.05) is 0 Å². The average molecular weight is 472 g/mol. The van der Waals surface area contributed by atoms with Gasteiger partial charge in [0.1, 0.15) is 11.6 Å². The molecule has 0 saturated heterocycles. The molecule has 5 nitrogen and oxygen atoms in total. The maximum Gasteiger partial charge on any atom is 0.416 e. The third kappa shape index (κ3) is 5.22. The highest BCUT2D eigenvalue weighted by Crippen LogP contribution is 2.35. The van der Waals surface area contributed by atoms with Crippen LogP contribution in [-0.4, -0.2) is 19.5 Å². The summed E-state index contributed by atoms with van der Waals surface area (Å²) in [6, 6.07) is 8.53. The molecule has 0 amide bonds. The van der Waals surface area contributed by atoms with Gasteiger partial charge in [-0.25, -0.2) is 17.2 Å². The van der Waals surface area contributed by atoms with Crippen molar-refractivity contribution in [3.05, 3.63) is 83.4 Å². The van der Waals surface area contributed by atoms with E-state index in [1.165, 1.54) is 0 Å².